The summed E-state index contributed by atoms with van der Waals surface area (Å²) in [5.41, 5.74) is 5.24. The third kappa shape index (κ3) is 2.37. The summed E-state index contributed by atoms with van der Waals surface area (Å²) in [5, 5.41) is 20.9. The van der Waals surface area contributed by atoms with Crippen molar-refractivity contribution >= 4 is 5.91 Å². The number of phenols is 2. The number of aromatic hydroxyl groups is 2. The molecular formula is C9H12N2O3. The fraction of sp³-hybridized carbons (Fsp3) is 0.222. The largest absolute Gasteiger partial charge is 0.508 e. The molecule has 0 unspecified atom stereocenters. The Labute approximate surface area is 81.2 Å². The van der Waals surface area contributed by atoms with E-state index in [1.165, 1.54) is 18.2 Å². The molecule has 0 aliphatic rings. The summed E-state index contributed by atoms with van der Waals surface area (Å²) in [6, 6.07) is 3.75. The molecular weight excluding hydrogens is 184 g/mol. The van der Waals surface area contributed by atoms with Crippen LogP contribution in [0.5, 0.6) is 11.5 Å². The van der Waals surface area contributed by atoms with E-state index in [0.29, 0.717) is 13.1 Å². The van der Waals surface area contributed by atoms with Crippen molar-refractivity contribution in [1.29, 1.82) is 0 Å². The molecule has 0 aliphatic heterocycles. The van der Waals surface area contributed by atoms with Gasteiger partial charge in [0.05, 0.1) is 5.56 Å². The minimum atomic E-state index is -0.455. The summed E-state index contributed by atoms with van der Waals surface area (Å²) in [6.07, 6.45) is 0. The van der Waals surface area contributed by atoms with E-state index in [4.69, 9.17) is 10.8 Å². The summed E-state index contributed by atoms with van der Waals surface area (Å²) in [5.74, 6) is -0.693. The van der Waals surface area contributed by atoms with Crippen LogP contribution in [-0.4, -0.2) is 29.2 Å². The zero-order valence-electron chi connectivity index (χ0n) is 7.53. The summed E-state index contributed by atoms with van der Waals surface area (Å²) < 4.78 is 0. The van der Waals surface area contributed by atoms with Crippen molar-refractivity contribution < 1.29 is 15.0 Å². The van der Waals surface area contributed by atoms with Gasteiger partial charge in [0.15, 0.2) is 0 Å². The summed E-state index contributed by atoms with van der Waals surface area (Å²) in [4.78, 5) is 11.3. The third-order valence-corrected chi connectivity index (χ3v) is 1.65. The first-order chi connectivity index (χ1) is 6.65. The zero-order valence-corrected chi connectivity index (χ0v) is 7.53. The van der Waals surface area contributed by atoms with E-state index >= 15 is 0 Å². The number of carbonyl (C=O) groups excluding carboxylic acids is 1. The lowest BCUT2D eigenvalue weighted by atomic mass is 10.2. The molecule has 1 aromatic carbocycles. The lowest BCUT2D eigenvalue weighted by molar-refractivity contribution is 0.0951. The molecule has 0 saturated carbocycles. The first-order valence-corrected chi connectivity index (χ1v) is 4.15. The summed E-state index contributed by atoms with van der Waals surface area (Å²) >= 11 is 0. The molecule has 0 aliphatic carbocycles. The summed E-state index contributed by atoms with van der Waals surface area (Å²) in [6.45, 7) is 0.652. The number of rotatable bonds is 3. The number of nitrogens with one attached hydrogen (secondary N) is 1. The number of hydrogen-bond acceptors (Lipinski definition) is 4. The van der Waals surface area contributed by atoms with Crippen LogP contribution < -0.4 is 11.1 Å². The second-order valence-corrected chi connectivity index (χ2v) is 2.75. The number of carbonyl (C=O) groups is 1. The fourth-order valence-electron chi connectivity index (χ4n) is 0.987. The molecule has 76 valence electrons. The van der Waals surface area contributed by atoms with E-state index < -0.39 is 5.91 Å². The second kappa shape index (κ2) is 4.48. The Bertz CT molecular complexity index is 339. The molecule has 0 atom stereocenters. The Balaban J connectivity index is 2.83. The lowest BCUT2D eigenvalue weighted by Gasteiger charge is -2.05. The van der Waals surface area contributed by atoms with E-state index in [2.05, 4.69) is 5.32 Å². The van der Waals surface area contributed by atoms with Crippen molar-refractivity contribution in [2.45, 2.75) is 0 Å². The number of phenolic OH excluding ortho intramolecular Hbond substituents is 2. The predicted octanol–water partition coefficient (Wildman–Crippen LogP) is -0.214. The van der Waals surface area contributed by atoms with E-state index in [-0.39, 0.29) is 17.1 Å². The molecule has 0 spiro atoms. The van der Waals surface area contributed by atoms with E-state index in [9.17, 15) is 9.90 Å². The Hall–Kier alpha value is -1.75. The molecule has 5 heteroatoms. The minimum absolute atomic E-state index is 0.0402. The molecule has 1 rings (SSSR count). The van der Waals surface area contributed by atoms with E-state index in [1.54, 1.807) is 0 Å². The average Bonchev–Trinajstić information content (AvgIpc) is 2.18. The van der Waals surface area contributed by atoms with Crippen LogP contribution in [0.1, 0.15) is 10.4 Å². The van der Waals surface area contributed by atoms with Crippen LogP contribution in [0.25, 0.3) is 0 Å². The van der Waals surface area contributed by atoms with Crippen LogP contribution in [-0.2, 0) is 0 Å². The van der Waals surface area contributed by atoms with Gasteiger partial charge in [0.1, 0.15) is 11.5 Å². The molecule has 14 heavy (non-hydrogen) atoms. The zero-order chi connectivity index (χ0) is 10.6. The van der Waals surface area contributed by atoms with Crippen molar-refractivity contribution in [2.75, 3.05) is 13.1 Å². The third-order valence-electron chi connectivity index (χ3n) is 1.65. The van der Waals surface area contributed by atoms with Gasteiger partial charge >= 0.3 is 0 Å². The molecule has 5 nitrogen and oxygen atoms in total. The van der Waals surface area contributed by atoms with E-state index in [1.807, 2.05) is 0 Å². The fourth-order valence-corrected chi connectivity index (χ4v) is 0.987. The van der Waals surface area contributed by atoms with Gasteiger partial charge in [-0.3, -0.25) is 4.79 Å². The normalized spacial score (nSPS) is 9.79. The number of benzene rings is 1. The Kier molecular flexibility index (Phi) is 3.30. The SMILES string of the molecule is NCCNC(=O)c1cc(O)ccc1O. The quantitative estimate of drug-likeness (QED) is 0.503. The minimum Gasteiger partial charge on any atom is -0.508 e. The van der Waals surface area contributed by atoms with Crippen molar-refractivity contribution in [2.24, 2.45) is 5.73 Å². The molecule has 5 N–H and O–H groups in total. The van der Waals surface area contributed by atoms with Crippen molar-refractivity contribution in [3.05, 3.63) is 23.8 Å². The average molecular weight is 196 g/mol. The Morgan fingerprint density at radius 1 is 1.43 bits per heavy atom. The van der Waals surface area contributed by atoms with Crippen LogP contribution >= 0.6 is 0 Å². The maximum atomic E-state index is 11.3. The highest BCUT2D eigenvalue weighted by molar-refractivity contribution is 5.97. The molecule has 0 heterocycles. The van der Waals surface area contributed by atoms with Crippen molar-refractivity contribution in [3.8, 4) is 11.5 Å². The first kappa shape index (κ1) is 10.3. The van der Waals surface area contributed by atoms with Crippen LogP contribution in [0, 0.1) is 0 Å². The van der Waals surface area contributed by atoms with Gasteiger partial charge in [-0.15, -0.1) is 0 Å². The highest BCUT2D eigenvalue weighted by Gasteiger charge is 2.10. The van der Waals surface area contributed by atoms with Gasteiger partial charge in [-0.05, 0) is 18.2 Å². The topological polar surface area (TPSA) is 95.6 Å². The van der Waals surface area contributed by atoms with Gasteiger partial charge in [0.2, 0.25) is 0 Å². The molecule has 0 aromatic heterocycles. The van der Waals surface area contributed by atoms with Gasteiger partial charge in [-0.25, -0.2) is 0 Å². The van der Waals surface area contributed by atoms with Crippen molar-refractivity contribution in [1.82, 2.24) is 5.32 Å². The molecule has 0 bridgehead atoms. The van der Waals surface area contributed by atoms with Crippen LogP contribution in [0.15, 0.2) is 18.2 Å². The van der Waals surface area contributed by atoms with Crippen molar-refractivity contribution in [3.63, 3.8) is 0 Å². The Morgan fingerprint density at radius 3 is 2.79 bits per heavy atom. The molecule has 1 amide bonds. The van der Waals surface area contributed by atoms with Gasteiger partial charge in [0, 0.05) is 13.1 Å². The second-order valence-electron chi connectivity index (χ2n) is 2.75. The standard InChI is InChI=1S/C9H12N2O3/c10-3-4-11-9(14)7-5-6(12)1-2-8(7)13/h1-2,5,12-13H,3-4,10H2,(H,11,14). The number of amides is 1. The summed E-state index contributed by atoms with van der Waals surface area (Å²) in [7, 11) is 0. The first-order valence-electron chi connectivity index (χ1n) is 4.15. The van der Waals surface area contributed by atoms with Crippen LogP contribution in [0.4, 0.5) is 0 Å². The smallest absolute Gasteiger partial charge is 0.255 e. The monoisotopic (exact) mass is 196 g/mol. The number of nitrogens with two attached hydrogens (primary N) is 1. The van der Waals surface area contributed by atoms with Gasteiger partial charge < -0.3 is 21.3 Å². The highest BCUT2D eigenvalue weighted by atomic mass is 16.3. The lowest BCUT2D eigenvalue weighted by Crippen LogP contribution is -2.28. The van der Waals surface area contributed by atoms with Crippen LogP contribution in [0.2, 0.25) is 0 Å². The molecule has 0 saturated heterocycles. The maximum Gasteiger partial charge on any atom is 0.255 e. The van der Waals surface area contributed by atoms with Gasteiger partial charge in [-0.1, -0.05) is 0 Å². The van der Waals surface area contributed by atoms with E-state index in [0.717, 1.165) is 0 Å². The van der Waals surface area contributed by atoms with Gasteiger partial charge in [0.25, 0.3) is 5.91 Å². The molecule has 0 radical (unpaired) electrons. The van der Waals surface area contributed by atoms with Gasteiger partial charge in [-0.2, -0.15) is 0 Å². The molecule has 0 fully saturated rings. The highest BCUT2D eigenvalue weighted by Crippen LogP contribution is 2.21. The molecule has 1 aromatic rings. The number of hydrogen-bond donors (Lipinski definition) is 4. The Morgan fingerprint density at radius 2 is 2.14 bits per heavy atom. The van der Waals surface area contributed by atoms with Crippen LogP contribution in [0.3, 0.4) is 0 Å². The predicted molar refractivity (Wildman–Crippen MR) is 51.2 cm³/mol. The maximum absolute atomic E-state index is 11.3.